The number of nitrogens with two attached hydrogens (primary N) is 1. The molecular formula is C40H49N5O4. The van der Waals surface area contributed by atoms with Crippen molar-refractivity contribution in [3.05, 3.63) is 77.9 Å². The summed E-state index contributed by atoms with van der Waals surface area (Å²) in [4.78, 5) is 44.8. The number of cyclic esters (lactones) is 1. The van der Waals surface area contributed by atoms with E-state index in [2.05, 4.69) is 66.0 Å². The van der Waals surface area contributed by atoms with Gasteiger partial charge in [-0.25, -0.2) is 5.43 Å². The van der Waals surface area contributed by atoms with E-state index in [9.17, 15) is 14.4 Å². The summed E-state index contributed by atoms with van der Waals surface area (Å²) in [6.07, 6.45) is 2.83. The molecule has 0 unspecified atom stereocenters. The summed E-state index contributed by atoms with van der Waals surface area (Å²) in [7, 11) is 0. The van der Waals surface area contributed by atoms with Crippen LogP contribution in [0, 0.1) is 17.3 Å². The zero-order valence-corrected chi connectivity index (χ0v) is 29.3. The van der Waals surface area contributed by atoms with Crippen molar-refractivity contribution < 1.29 is 19.1 Å². The number of carbonyl (C=O) groups excluding carboxylic acids is 3. The number of hydrogen-bond acceptors (Lipinski definition) is 6. The van der Waals surface area contributed by atoms with Gasteiger partial charge in [0, 0.05) is 52.1 Å². The van der Waals surface area contributed by atoms with Crippen molar-refractivity contribution >= 4 is 34.4 Å². The maximum absolute atomic E-state index is 14.1. The van der Waals surface area contributed by atoms with Gasteiger partial charge in [0.15, 0.2) is 0 Å². The van der Waals surface area contributed by atoms with Crippen LogP contribution in [0.2, 0.25) is 0 Å². The van der Waals surface area contributed by atoms with Crippen LogP contribution in [0.5, 0.6) is 0 Å². The topological polar surface area (TPSA) is 130 Å². The Labute approximate surface area is 288 Å². The van der Waals surface area contributed by atoms with Crippen LogP contribution in [0.25, 0.3) is 33.3 Å². The molecule has 5 N–H and O–H groups in total. The molecule has 6 bridgehead atoms. The maximum atomic E-state index is 14.1. The monoisotopic (exact) mass is 663 g/mol. The number of nitrogen functional groups attached to an aromatic ring is 1. The molecule has 3 aromatic carbocycles. The van der Waals surface area contributed by atoms with E-state index in [0.717, 1.165) is 44.4 Å². The summed E-state index contributed by atoms with van der Waals surface area (Å²) in [5, 5.41) is 5.69. The minimum atomic E-state index is -0.810. The van der Waals surface area contributed by atoms with Crippen molar-refractivity contribution in [3.63, 3.8) is 0 Å². The molecule has 0 aliphatic carbocycles. The fourth-order valence-electron chi connectivity index (χ4n) is 7.30. The number of benzene rings is 3. The Balaban J connectivity index is 1.45. The van der Waals surface area contributed by atoms with Gasteiger partial charge in [-0.3, -0.25) is 19.4 Å². The lowest BCUT2D eigenvalue weighted by Gasteiger charge is -2.36. The number of rotatable bonds is 5. The predicted molar refractivity (Wildman–Crippen MR) is 194 cm³/mol. The molecule has 49 heavy (non-hydrogen) atoms. The molecule has 0 saturated carbocycles. The van der Waals surface area contributed by atoms with E-state index in [0.29, 0.717) is 44.3 Å². The van der Waals surface area contributed by atoms with Crippen LogP contribution in [0.1, 0.15) is 65.0 Å². The maximum Gasteiger partial charge on any atom is 0.324 e. The van der Waals surface area contributed by atoms with Crippen LogP contribution in [-0.4, -0.2) is 53.0 Å². The van der Waals surface area contributed by atoms with Gasteiger partial charge in [0.2, 0.25) is 5.91 Å². The molecule has 0 radical (unpaired) electrons. The number of aromatic amines is 1. The molecule has 3 atom stereocenters. The average Bonchev–Trinajstić information content (AvgIpc) is 3.43. The second kappa shape index (κ2) is 14.1. The minimum absolute atomic E-state index is 0.132. The highest BCUT2D eigenvalue weighted by atomic mass is 16.5. The van der Waals surface area contributed by atoms with Gasteiger partial charge in [0.1, 0.15) is 12.1 Å². The number of fused-ring (bicyclic) bond motifs is 6. The number of nitrogens with zero attached hydrogens (tertiary/aromatic N) is 1. The smallest absolute Gasteiger partial charge is 0.324 e. The van der Waals surface area contributed by atoms with Gasteiger partial charge in [-0.2, -0.15) is 0 Å². The van der Waals surface area contributed by atoms with Crippen molar-refractivity contribution in [2.45, 2.75) is 78.8 Å². The summed E-state index contributed by atoms with van der Waals surface area (Å²) < 4.78 is 5.97. The molecule has 4 aromatic rings. The normalized spacial score (nSPS) is 20.5. The number of anilines is 1. The summed E-state index contributed by atoms with van der Waals surface area (Å²) in [6, 6.07) is 21.0. The van der Waals surface area contributed by atoms with Crippen LogP contribution < -0.4 is 16.5 Å². The number of esters is 1. The number of hydrazine groups is 1. The molecule has 1 fully saturated rings. The predicted octanol–water partition coefficient (Wildman–Crippen LogP) is 6.41. The molecule has 3 heterocycles. The Morgan fingerprint density at radius 2 is 1.80 bits per heavy atom. The first-order valence-electron chi connectivity index (χ1n) is 17.6. The number of ether oxygens (including phenoxy) is 1. The molecule has 2 amide bonds. The summed E-state index contributed by atoms with van der Waals surface area (Å²) in [5.74, 6) is -0.864. The van der Waals surface area contributed by atoms with Crippen LogP contribution >= 0.6 is 0 Å². The van der Waals surface area contributed by atoms with Crippen molar-refractivity contribution in [3.8, 4) is 22.4 Å². The molecule has 6 rings (SSSR count). The molecule has 1 aromatic heterocycles. The van der Waals surface area contributed by atoms with Crippen LogP contribution in [-0.2, 0) is 32.0 Å². The number of hydrogen-bond donors (Lipinski definition) is 4. The third-order valence-corrected chi connectivity index (χ3v) is 9.97. The largest absolute Gasteiger partial charge is 0.464 e. The summed E-state index contributed by atoms with van der Waals surface area (Å²) in [5.41, 5.74) is 16.8. The van der Waals surface area contributed by atoms with Gasteiger partial charge >= 0.3 is 5.97 Å². The standard InChI is InChI=1S/C40H49N5O4/c1-6-30(24(2)3)37(46)43-35-19-25-10-7-11-26(18-25)27-15-16-33-31(21-27)32(36(42-33)28-12-8-13-29(41)20-28)22-40(4,5)23-49-39(48)34-14-9-17-45(44-34)38(35)47/h7-8,10-13,15-16,18,20-21,24,30,34-35,42,44H,6,9,14,17,19,22-23,41H2,1-5H3,(H,43,46)/t30-,34-,35-/m0/s1. The molecule has 2 aliphatic rings. The summed E-state index contributed by atoms with van der Waals surface area (Å²) in [6.45, 7) is 10.9. The van der Waals surface area contributed by atoms with E-state index < -0.39 is 17.5 Å². The molecule has 258 valence electrons. The van der Waals surface area contributed by atoms with Gasteiger partial charge in [0.05, 0.1) is 6.61 Å². The highest BCUT2D eigenvalue weighted by molar-refractivity contribution is 5.94. The highest BCUT2D eigenvalue weighted by Gasteiger charge is 2.35. The van der Waals surface area contributed by atoms with Gasteiger partial charge < -0.3 is 20.8 Å². The van der Waals surface area contributed by atoms with Gasteiger partial charge in [0.25, 0.3) is 5.91 Å². The molecule has 9 nitrogen and oxygen atoms in total. The van der Waals surface area contributed by atoms with Crippen LogP contribution in [0.15, 0.2) is 66.7 Å². The molecule has 2 aliphatic heterocycles. The first kappa shape index (κ1) is 34.2. The van der Waals surface area contributed by atoms with Crippen molar-refractivity contribution in [2.24, 2.45) is 17.3 Å². The molecule has 0 spiro atoms. The minimum Gasteiger partial charge on any atom is -0.464 e. The van der Waals surface area contributed by atoms with E-state index in [-0.39, 0.29) is 36.2 Å². The van der Waals surface area contributed by atoms with E-state index >= 15 is 0 Å². The molecule has 1 saturated heterocycles. The zero-order valence-electron chi connectivity index (χ0n) is 29.3. The van der Waals surface area contributed by atoms with Crippen LogP contribution in [0.3, 0.4) is 0 Å². The number of aromatic nitrogens is 1. The Morgan fingerprint density at radius 3 is 2.55 bits per heavy atom. The summed E-state index contributed by atoms with van der Waals surface area (Å²) >= 11 is 0. The average molecular weight is 664 g/mol. The van der Waals surface area contributed by atoms with Gasteiger partial charge in [-0.05, 0) is 78.1 Å². The number of amides is 2. The van der Waals surface area contributed by atoms with E-state index in [1.807, 2.05) is 51.1 Å². The van der Waals surface area contributed by atoms with E-state index in [1.54, 1.807) is 0 Å². The lowest BCUT2D eigenvalue weighted by Crippen LogP contribution is -2.61. The Hall–Kier alpha value is -4.63. The Kier molecular flexibility index (Phi) is 9.84. The fourth-order valence-corrected chi connectivity index (χ4v) is 7.30. The Morgan fingerprint density at radius 1 is 1.04 bits per heavy atom. The number of carbonyl (C=O) groups is 3. The van der Waals surface area contributed by atoms with Crippen molar-refractivity contribution in [1.82, 2.24) is 20.7 Å². The quantitative estimate of drug-likeness (QED) is 0.144. The van der Waals surface area contributed by atoms with Crippen LogP contribution in [0.4, 0.5) is 5.69 Å². The zero-order chi connectivity index (χ0) is 34.9. The lowest BCUT2D eigenvalue weighted by atomic mass is 9.84. The first-order chi connectivity index (χ1) is 23.4. The van der Waals surface area contributed by atoms with Gasteiger partial charge in [-0.1, -0.05) is 77.1 Å². The molecule has 9 heteroatoms. The van der Waals surface area contributed by atoms with Crippen molar-refractivity contribution in [1.29, 1.82) is 0 Å². The highest BCUT2D eigenvalue weighted by Crippen LogP contribution is 2.38. The lowest BCUT2D eigenvalue weighted by molar-refractivity contribution is -0.155. The SMILES string of the molecule is CC[C@H](C(=O)N[C@H]1Cc2cccc(c2)-c2ccc3[nH]c(-c4cccc(N)c4)c(c3c2)CC(C)(C)COC(=O)[C@@H]2CCCN(N2)C1=O)C(C)C. The van der Waals surface area contributed by atoms with Crippen molar-refractivity contribution in [2.75, 3.05) is 18.9 Å². The van der Waals surface area contributed by atoms with E-state index in [1.165, 1.54) is 5.01 Å². The third kappa shape index (κ3) is 7.52. The Bertz CT molecular complexity index is 1860. The first-order valence-corrected chi connectivity index (χ1v) is 17.6. The third-order valence-electron chi connectivity index (χ3n) is 9.97. The number of nitrogens with one attached hydrogen (secondary N) is 3. The van der Waals surface area contributed by atoms with E-state index in [4.69, 9.17) is 10.5 Å². The fraction of sp³-hybridized carbons (Fsp3) is 0.425. The van der Waals surface area contributed by atoms with Gasteiger partial charge in [-0.15, -0.1) is 0 Å². The number of H-pyrrole nitrogens is 1. The second-order valence-corrected chi connectivity index (χ2v) is 14.9. The molecular weight excluding hydrogens is 614 g/mol. The second-order valence-electron chi connectivity index (χ2n) is 14.9.